The van der Waals surface area contributed by atoms with Gasteiger partial charge in [-0.2, -0.15) is 5.11 Å². The zero-order valence-electron chi connectivity index (χ0n) is 19.2. The van der Waals surface area contributed by atoms with Gasteiger partial charge in [0, 0.05) is 17.4 Å². The van der Waals surface area contributed by atoms with E-state index in [1.165, 1.54) is 0 Å². The predicted molar refractivity (Wildman–Crippen MR) is 134 cm³/mol. The molecule has 0 saturated carbocycles. The van der Waals surface area contributed by atoms with Crippen molar-refractivity contribution < 1.29 is 19.4 Å². The first-order valence-electron chi connectivity index (χ1n) is 11.3. The SMILES string of the molecule is CCOC(=O)C(Cc1ccccc1)NC(=O)c1cccc(N=Nc2c(O)ccc3ccccc23)c1. The third-order valence-corrected chi connectivity index (χ3v) is 5.41. The molecule has 0 bridgehead atoms. The van der Waals surface area contributed by atoms with Gasteiger partial charge < -0.3 is 15.2 Å². The van der Waals surface area contributed by atoms with E-state index in [0.29, 0.717) is 23.4 Å². The molecule has 0 aromatic heterocycles. The van der Waals surface area contributed by atoms with Crippen LogP contribution in [0.25, 0.3) is 10.8 Å². The van der Waals surface area contributed by atoms with Crippen LogP contribution in [-0.2, 0) is 16.0 Å². The average Bonchev–Trinajstić information content (AvgIpc) is 2.88. The number of benzene rings is 4. The third-order valence-electron chi connectivity index (χ3n) is 5.41. The minimum absolute atomic E-state index is 0.0135. The molecule has 7 heteroatoms. The molecule has 0 fully saturated rings. The number of hydrogen-bond acceptors (Lipinski definition) is 6. The molecule has 2 N–H and O–H groups in total. The van der Waals surface area contributed by atoms with Crippen LogP contribution in [0.5, 0.6) is 5.75 Å². The number of fused-ring (bicyclic) bond motifs is 1. The van der Waals surface area contributed by atoms with Gasteiger partial charge in [0.2, 0.25) is 0 Å². The Balaban J connectivity index is 1.54. The van der Waals surface area contributed by atoms with Gasteiger partial charge in [-0.15, -0.1) is 5.11 Å². The first-order valence-corrected chi connectivity index (χ1v) is 11.3. The molecule has 0 heterocycles. The summed E-state index contributed by atoms with van der Waals surface area (Å²) >= 11 is 0. The van der Waals surface area contributed by atoms with Gasteiger partial charge in [0.05, 0.1) is 12.3 Å². The highest BCUT2D eigenvalue weighted by atomic mass is 16.5. The van der Waals surface area contributed by atoms with Crippen LogP contribution < -0.4 is 5.32 Å². The number of phenols is 1. The fraction of sp³-hybridized carbons (Fsp3) is 0.143. The van der Waals surface area contributed by atoms with Gasteiger partial charge >= 0.3 is 5.97 Å². The maximum atomic E-state index is 13.0. The molecule has 0 aliphatic heterocycles. The monoisotopic (exact) mass is 467 g/mol. The minimum atomic E-state index is -0.831. The first-order chi connectivity index (χ1) is 17.0. The molecule has 176 valence electrons. The number of nitrogens with zero attached hydrogens (tertiary/aromatic N) is 2. The van der Waals surface area contributed by atoms with Crippen molar-refractivity contribution in [2.24, 2.45) is 10.2 Å². The van der Waals surface area contributed by atoms with Crippen LogP contribution in [0, 0.1) is 0 Å². The number of carbonyl (C=O) groups excluding carboxylic acids is 2. The van der Waals surface area contributed by atoms with Gasteiger partial charge in [-0.05, 0) is 42.1 Å². The predicted octanol–water partition coefficient (Wildman–Crippen LogP) is 5.87. The van der Waals surface area contributed by atoms with Gasteiger partial charge in [-0.3, -0.25) is 4.79 Å². The van der Waals surface area contributed by atoms with E-state index in [2.05, 4.69) is 15.5 Å². The fourth-order valence-corrected chi connectivity index (χ4v) is 3.69. The molecular formula is C28H25N3O4. The quantitative estimate of drug-likeness (QED) is 0.250. The molecule has 0 aliphatic rings. The molecule has 4 aromatic carbocycles. The van der Waals surface area contributed by atoms with E-state index in [1.807, 2.05) is 60.7 Å². The molecule has 4 aromatic rings. The van der Waals surface area contributed by atoms with E-state index >= 15 is 0 Å². The Kier molecular flexibility index (Phi) is 7.47. The Labute approximate surface area is 203 Å². The van der Waals surface area contributed by atoms with E-state index in [1.54, 1.807) is 37.3 Å². The van der Waals surface area contributed by atoms with Gasteiger partial charge in [0.1, 0.15) is 17.5 Å². The molecular weight excluding hydrogens is 442 g/mol. The summed E-state index contributed by atoms with van der Waals surface area (Å²) in [5, 5.41) is 23.2. The summed E-state index contributed by atoms with van der Waals surface area (Å²) in [6.45, 7) is 1.94. The normalized spacial score (nSPS) is 11.9. The van der Waals surface area contributed by atoms with E-state index < -0.39 is 17.9 Å². The number of carbonyl (C=O) groups is 2. The molecule has 35 heavy (non-hydrogen) atoms. The largest absolute Gasteiger partial charge is 0.506 e. The molecule has 1 amide bonds. The molecule has 7 nitrogen and oxygen atoms in total. The molecule has 0 spiro atoms. The van der Waals surface area contributed by atoms with Crippen molar-refractivity contribution >= 4 is 34.0 Å². The van der Waals surface area contributed by atoms with E-state index in [0.717, 1.165) is 16.3 Å². The fourth-order valence-electron chi connectivity index (χ4n) is 3.69. The molecule has 1 unspecified atom stereocenters. The van der Waals surface area contributed by atoms with Gasteiger partial charge in [-0.25, -0.2) is 4.79 Å². The van der Waals surface area contributed by atoms with Crippen molar-refractivity contribution in [2.75, 3.05) is 6.61 Å². The summed E-state index contributed by atoms with van der Waals surface area (Å²) in [4.78, 5) is 25.5. The van der Waals surface area contributed by atoms with Crippen LogP contribution >= 0.6 is 0 Å². The van der Waals surface area contributed by atoms with E-state index in [-0.39, 0.29) is 12.4 Å². The Morgan fingerprint density at radius 2 is 1.69 bits per heavy atom. The van der Waals surface area contributed by atoms with Crippen molar-refractivity contribution in [1.29, 1.82) is 0 Å². The van der Waals surface area contributed by atoms with Crippen LogP contribution in [-0.4, -0.2) is 29.6 Å². The number of ether oxygens (including phenoxy) is 1. The summed E-state index contributed by atoms with van der Waals surface area (Å²) < 4.78 is 5.16. The second kappa shape index (κ2) is 11.1. The van der Waals surface area contributed by atoms with Crippen molar-refractivity contribution in [1.82, 2.24) is 5.32 Å². The number of azo groups is 1. The lowest BCUT2D eigenvalue weighted by Gasteiger charge is -2.17. The number of phenolic OH excluding ortho intramolecular Hbond substituents is 1. The highest BCUT2D eigenvalue weighted by molar-refractivity contribution is 5.97. The Hall–Kier alpha value is -4.52. The number of amides is 1. The van der Waals surface area contributed by atoms with Crippen LogP contribution in [0.4, 0.5) is 11.4 Å². The maximum Gasteiger partial charge on any atom is 0.328 e. The smallest absolute Gasteiger partial charge is 0.328 e. The van der Waals surface area contributed by atoms with E-state index in [9.17, 15) is 14.7 Å². The summed E-state index contributed by atoms with van der Waals surface area (Å²) in [5.41, 5.74) is 2.01. The maximum absolute atomic E-state index is 13.0. The highest BCUT2D eigenvalue weighted by Gasteiger charge is 2.23. The summed E-state index contributed by atoms with van der Waals surface area (Å²) in [6, 6.07) is 26.1. The van der Waals surface area contributed by atoms with Crippen molar-refractivity contribution in [3.8, 4) is 5.75 Å². The van der Waals surface area contributed by atoms with E-state index in [4.69, 9.17) is 4.74 Å². The average molecular weight is 468 g/mol. The highest BCUT2D eigenvalue weighted by Crippen LogP contribution is 2.36. The van der Waals surface area contributed by atoms with Gasteiger partial charge in [0.25, 0.3) is 5.91 Å². The lowest BCUT2D eigenvalue weighted by atomic mass is 10.1. The molecule has 0 saturated heterocycles. The van der Waals surface area contributed by atoms with Gasteiger partial charge in [0.15, 0.2) is 0 Å². The van der Waals surface area contributed by atoms with Crippen molar-refractivity contribution in [3.63, 3.8) is 0 Å². The van der Waals surface area contributed by atoms with Crippen molar-refractivity contribution in [3.05, 3.63) is 102 Å². The zero-order chi connectivity index (χ0) is 24.6. The molecule has 0 radical (unpaired) electrons. The lowest BCUT2D eigenvalue weighted by molar-refractivity contribution is -0.145. The molecule has 0 aliphatic carbocycles. The Bertz CT molecular complexity index is 1370. The van der Waals surface area contributed by atoms with Crippen molar-refractivity contribution in [2.45, 2.75) is 19.4 Å². The second-order valence-electron chi connectivity index (χ2n) is 7.87. The summed E-state index contributed by atoms with van der Waals surface area (Å²) in [7, 11) is 0. The minimum Gasteiger partial charge on any atom is -0.506 e. The lowest BCUT2D eigenvalue weighted by Crippen LogP contribution is -2.43. The summed E-state index contributed by atoms with van der Waals surface area (Å²) in [6.07, 6.45) is 0.311. The second-order valence-corrected chi connectivity index (χ2v) is 7.87. The van der Waals surface area contributed by atoms with Crippen LogP contribution in [0.1, 0.15) is 22.8 Å². The molecule has 1 atom stereocenters. The molecule has 4 rings (SSSR count). The number of hydrogen-bond donors (Lipinski definition) is 2. The third kappa shape index (κ3) is 5.89. The Morgan fingerprint density at radius 1 is 0.914 bits per heavy atom. The Morgan fingerprint density at radius 3 is 2.49 bits per heavy atom. The standard InChI is InChI=1S/C28H25N3O4/c1-2-35-28(34)24(17-19-9-4-3-5-10-19)29-27(33)21-12-8-13-22(18-21)30-31-26-23-14-7-6-11-20(23)15-16-25(26)32/h3-16,18,24,32H,2,17H2,1H3,(H,29,33). The van der Waals surface area contributed by atoms with Crippen LogP contribution in [0.3, 0.4) is 0 Å². The topological polar surface area (TPSA) is 100 Å². The zero-order valence-corrected chi connectivity index (χ0v) is 19.2. The number of rotatable bonds is 8. The number of aromatic hydroxyl groups is 1. The summed E-state index contributed by atoms with van der Waals surface area (Å²) in [5.74, 6) is -0.907. The van der Waals surface area contributed by atoms with Gasteiger partial charge in [-0.1, -0.05) is 66.7 Å². The first kappa shape index (κ1) is 23.6. The van der Waals surface area contributed by atoms with Crippen LogP contribution in [0.2, 0.25) is 0 Å². The number of nitrogens with one attached hydrogen (secondary N) is 1. The van der Waals surface area contributed by atoms with Crippen LogP contribution in [0.15, 0.2) is 101 Å². The number of esters is 1.